The molecule has 2 heterocycles. The lowest BCUT2D eigenvalue weighted by Gasteiger charge is -2.30. The van der Waals surface area contributed by atoms with Crippen molar-refractivity contribution in [1.29, 1.82) is 0 Å². The van der Waals surface area contributed by atoms with Crippen LogP contribution in [0, 0.1) is 6.92 Å². The second-order valence-electron chi connectivity index (χ2n) is 4.11. The molecule has 1 fully saturated rings. The van der Waals surface area contributed by atoms with Gasteiger partial charge < -0.3 is 14.7 Å². The van der Waals surface area contributed by atoms with Gasteiger partial charge in [-0.05, 0) is 13.0 Å². The maximum atomic E-state index is 11.9. The highest BCUT2D eigenvalue weighted by Gasteiger charge is 2.27. The molecule has 0 bridgehead atoms. The molecule has 1 atom stereocenters. The van der Waals surface area contributed by atoms with E-state index in [1.165, 1.54) is 22.3 Å². The van der Waals surface area contributed by atoms with Gasteiger partial charge in [0.15, 0.2) is 6.10 Å². The first-order valence-electron chi connectivity index (χ1n) is 5.80. The Bertz CT molecular complexity index is 512. The molecule has 1 aromatic rings. The van der Waals surface area contributed by atoms with Gasteiger partial charge >= 0.3 is 5.97 Å². The summed E-state index contributed by atoms with van der Waals surface area (Å²) in [4.78, 5) is 28.4. The van der Waals surface area contributed by atoms with Crippen LogP contribution in [0.1, 0.15) is 10.7 Å². The van der Waals surface area contributed by atoms with E-state index in [0.29, 0.717) is 6.54 Å². The molecule has 1 amide bonds. The van der Waals surface area contributed by atoms with Gasteiger partial charge in [0, 0.05) is 18.0 Å². The predicted molar refractivity (Wildman–Crippen MR) is 69.8 cm³/mol. The summed E-state index contributed by atoms with van der Waals surface area (Å²) >= 11 is 1.51. The van der Waals surface area contributed by atoms with Gasteiger partial charge in [0.2, 0.25) is 5.91 Å². The largest absolute Gasteiger partial charge is 0.479 e. The lowest BCUT2D eigenvalue weighted by Crippen LogP contribution is -2.48. The number of carboxylic acid groups (broad SMARTS) is 1. The smallest absolute Gasteiger partial charge is 0.334 e. The predicted octanol–water partition coefficient (Wildman–Crippen LogP) is 0.777. The van der Waals surface area contributed by atoms with Crippen molar-refractivity contribution in [3.8, 4) is 0 Å². The minimum Gasteiger partial charge on any atom is -0.479 e. The quantitative estimate of drug-likeness (QED) is 0.829. The first-order valence-corrected chi connectivity index (χ1v) is 6.68. The van der Waals surface area contributed by atoms with Crippen LogP contribution in [0.3, 0.4) is 0 Å². The van der Waals surface area contributed by atoms with Gasteiger partial charge in [-0.2, -0.15) is 0 Å². The fourth-order valence-electron chi connectivity index (χ4n) is 1.72. The number of morpholine rings is 1. The number of carboxylic acids is 1. The molecule has 1 N–H and O–H groups in total. The van der Waals surface area contributed by atoms with Crippen molar-refractivity contribution in [2.24, 2.45) is 0 Å². The van der Waals surface area contributed by atoms with Crippen molar-refractivity contribution < 1.29 is 19.4 Å². The van der Waals surface area contributed by atoms with Crippen molar-refractivity contribution in [3.63, 3.8) is 0 Å². The Morgan fingerprint density at radius 2 is 2.42 bits per heavy atom. The van der Waals surface area contributed by atoms with Gasteiger partial charge in [0.25, 0.3) is 0 Å². The summed E-state index contributed by atoms with van der Waals surface area (Å²) in [5.74, 6) is -1.27. The van der Waals surface area contributed by atoms with Crippen molar-refractivity contribution in [3.05, 3.63) is 22.2 Å². The van der Waals surface area contributed by atoms with Crippen LogP contribution in [0.15, 0.2) is 11.5 Å². The molecule has 19 heavy (non-hydrogen) atoms. The number of hydrogen-bond acceptors (Lipinski definition) is 5. The molecule has 1 unspecified atom stereocenters. The zero-order chi connectivity index (χ0) is 13.8. The molecule has 102 valence electrons. The van der Waals surface area contributed by atoms with Gasteiger partial charge in [-0.25, -0.2) is 9.78 Å². The molecule has 1 aliphatic rings. The number of aliphatic carboxylic acids is 1. The Kier molecular flexibility index (Phi) is 4.28. The highest BCUT2D eigenvalue weighted by atomic mass is 32.1. The van der Waals surface area contributed by atoms with E-state index in [-0.39, 0.29) is 19.1 Å². The van der Waals surface area contributed by atoms with Gasteiger partial charge in [0.05, 0.1) is 23.9 Å². The Morgan fingerprint density at radius 3 is 3.05 bits per heavy atom. The third kappa shape index (κ3) is 3.62. The Hall–Kier alpha value is -1.73. The number of aromatic nitrogens is 1. The number of carbonyl (C=O) groups is 2. The topological polar surface area (TPSA) is 79.7 Å². The molecule has 6 nitrogen and oxygen atoms in total. The van der Waals surface area contributed by atoms with E-state index in [1.807, 2.05) is 12.3 Å². The number of carbonyl (C=O) groups excluding carboxylic acids is 1. The van der Waals surface area contributed by atoms with E-state index >= 15 is 0 Å². The van der Waals surface area contributed by atoms with Gasteiger partial charge in [-0.1, -0.05) is 0 Å². The van der Waals surface area contributed by atoms with Crippen LogP contribution >= 0.6 is 11.3 Å². The summed E-state index contributed by atoms with van der Waals surface area (Å²) in [6, 6.07) is 0. The lowest BCUT2D eigenvalue weighted by atomic mass is 10.2. The summed E-state index contributed by atoms with van der Waals surface area (Å²) in [6.07, 6.45) is 2.11. The van der Waals surface area contributed by atoms with E-state index in [2.05, 4.69) is 4.98 Å². The number of aryl methyl sites for hydroxylation is 1. The van der Waals surface area contributed by atoms with Crippen LogP contribution in [0.2, 0.25) is 0 Å². The van der Waals surface area contributed by atoms with Crippen LogP contribution in [-0.2, 0) is 14.3 Å². The maximum Gasteiger partial charge on any atom is 0.334 e. The van der Waals surface area contributed by atoms with E-state index in [4.69, 9.17) is 9.84 Å². The molecular weight excluding hydrogens is 268 g/mol. The first-order chi connectivity index (χ1) is 9.06. The third-order valence-corrected chi connectivity index (χ3v) is 3.48. The summed E-state index contributed by atoms with van der Waals surface area (Å²) < 4.78 is 5.06. The summed E-state index contributed by atoms with van der Waals surface area (Å²) in [7, 11) is 0. The summed E-state index contributed by atoms with van der Waals surface area (Å²) in [6.45, 7) is 2.62. The highest BCUT2D eigenvalue weighted by molar-refractivity contribution is 7.09. The zero-order valence-electron chi connectivity index (χ0n) is 10.4. The molecule has 0 radical (unpaired) electrons. The monoisotopic (exact) mass is 282 g/mol. The standard InChI is InChI=1S/C12H14N2O4S/c1-8-13-9(7-19-8)2-3-11(15)14-4-5-18-10(6-14)12(16)17/h2-3,7,10H,4-6H2,1H3,(H,16,17). The number of amides is 1. The number of nitrogens with zero attached hydrogens (tertiary/aromatic N) is 2. The number of hydrogen-bond donors (Lipinski definition) is 1. The molecule has 0 saturated carbocycles. The van der Waals surface area contributed by atoms with Crippen molar-refractivity contribution in [1.82, 2.24) is 9.88 Å². The lowest BCUT2D eigenvalue weighted by molar-refractivity contribution is -0.158. The maximum absolute atomic E-state index is 11.9. The molecule has 1 saturated heterocycles. The second kappa shape index (κ2) is 5.94. The fraction of sp³-hybridized carbons (Fsp3) is 0.417. The average molecular weight is 282 g/mol. The molecule has 0 spiro atoms. The van der Waals surface area contributed by atoms with Gasteiger partial charge in [0.1, 0.15) is 0 Å². The van der Waals surface area contributed by atoms with Crippen LogP contribution in [0.5, 0.6) is 0 Å². The molecular formula is C12H14N2O4S. The van der Waals surface area contributed by atoms with Crippen LogP contribution in [-0.4, -0.2) is 52.7 Å². The minimum atomic E-state index is -1.04. The second-order valence-corrected chi connectivity index (χ2v) is 5.17. The molecule has 7 heteroatoms. The van der Waals surface area contributed by atoms with Crippen molar-refractivity contribution in [2.45, 2.75) is 13.0 Å². The molecule has 1 aromatic heterocycles. The van der Waals surface area contributed by atoms with Crippen LogP contribution in [0.25, 0.3) is 6.08 Å². The van der Waals surface area contributed by atoms with Gasteiger partial charge in [-0.3, -0.25) is 4.79 Å². The van der Waals surface area contributed by atoms with Gasteiger partial charge in [-0.15, -0.1) is 11.3 Å². The Labute approximate surface area is 114 Å². The number of rotatable bonds is 3. The molecule has 2 rings (SSSR count). The summed E-state index contributed by atoms with van der Waals surface area (Å²) in [5, 5.41) is 11.7. The third-order valence-electron chi connectivity index (χ3n) is 2.69. The molecule has 1 aliphatic heterocycles. The van der Waals surface area contributed by atoms with E-state index < -0.39 is 12.1 Å². The first kappa shape index (κ1) is 13.7. The van der Waals surface area contributed by atoms with Crippen LogP contribution in [0.4, 0.5) is 0 Å². The van der Waals surface area contributed by atoms with Crippen molar-refractivity contribution in [2.75, 3.05) is 19.7 Å². The number of thiazole rings is 1. The van der Waals surface area contributed by atoms with E-state index in [0.717, 1.165) is 10.7 Å². The van der Waals surface area contributed by atoms with Crippen molar-refractivity contribution >= 4 is 29.3 Å². The van der Waals surface area contributed by atoms with E-state index in [9.17, 15) is 9.59 Å². The van der Waals surface area contributed by atoms with Crippen LogP contribution < -0.4 is 0 Å². The normalized spacial score (nSPS) is 19.8. The SMILES string of the molecule is Cc1nc(C=CC(=O)N2CCOC(C(=O)O)C2)cs1. The Balaban J connectivity index is 1.96. The highest BCUT2D eigenvalue weighted by Crippen LogP contribution is 2.10. The number of ether oxygens (including phenoxy) is 1. The minimum absolute atomic E-state index is 0.0780. The zero-order valence-corrected chi connectivity index (χ0v) is 11.2. The fourth-order valence-corrected chi connectivity index (χ4v) is 2.30. The molecule has 0 aliphatic carbocycles. The van der Waals surface area contributed by atoms with E-state index in [1.54, 1.807) is 6.08 Å². The average Bonchev–Trinajstić information content (AvgIpc) is 2.82. The Morgan fingerprint density at radius 1 is 1.63 bits per heavy atom. The summed E-state index contributed by atoms with van der Waals surface area (Å²) in [5.41, 5.74) is 0.735. The molecule has 0 aromatic carbocycles.